The molecule has 2 N–H and O–H groups in total. The van der Waals surface area contributed by atoms with Gasteiger partial charge in [-0.3, -0.25) is 10.1 Å². The smallest absolute Gasteiger partial charge is 0.258 e. The second-order valence-corrected chi connectivity index (χ2v) is 4.35. The summed E-state index contributed by atoms with van der Waals surface area (Å²) in [4.78, 5) is 12.0. The van der Waals surface area contributed by atoms with Gasteiger partial charge in [-0.05, 0) is 25.1 Å². The Kier molecular flexibility index (Phi) is 4.41. The van der Waals surface area contributed by atoms with Crippen molar-refractivity contribution in [2.45, 2.75) is 6.92 Å². The zero-order valence-corrected chi connectivity index (χ0v) is 11.4. The van der Waals surface area contributed by atoms with Crippen LogP contribution in [0.1, 0.15) is 21.6 Å². The Hall–Kier alpha value is -2.29. The van der Waals surface area contributed by atoms with Crippen molar-refractivity contribution in [2.24, 2.45) is 0 Å². The summed E-state index contributed by atoms with van der Waals surface area (Å²) in [5.41, 5.74) is 1.60. The molecule has 0 bridgehead atoms. The molecule has 1 amide bonds. The SMILES string of the molecule is Cc1cc(NC(=O)c2ccc(C#CCO)c(Cl)c2)on1. The van der Waals surface area contributed by atoms with Crippen molar-refractivity contribution in [2.75, 3.05) is 11.9 Å². The molecule has 0 saturated carbocycles. The third-order valence-corrected chi connectivity index (χ3v) is 2.71. The average molecular weight is 291 g/mol. The van der Waals surface area contributed by atoms with Crippen molar-refractivity contribution in [1.29, 1.82) is 0 Å². The molecule has 1 aromatic heterocycles. The van der Waals surface area contributed by atoms with Crippen molar-refractivity contribution in [1.82, 2.24) is 5.16 Å². The van der Waals surface area contributed by atoms with Crippen LogP contribution < -0.4 is 5.32 Å². The molecule has 1 heterocycles. The molecule has 0 spiro atoms. The van der Waals surface area contributed by atoms with Crippen molar-refractivity contribution < 1.29 is 14.4 Å². The number of nitrogens with zero attached hydrogens (tertiary/aromatic N) is 1. The van der Waals surface area contributed by atoms with Crippen LogP contribution in [0.2, 0.25) is 5.02 Å². The number of amides is 1. The molecular formula is C14H11ClN2O3. The number of hydrogen-bond acceptors (Lipinski definition) is 4. The molecule has 1 aromatic carbocycles. The van der Waals surface area contributed by atoms with Gasteiger partial charge in [0.15, 0.2) is 0 Å². The first-order valence-corrected chi connectivity index (χ1v) is 6.12. The maximum absolute atomic E-state index is 12.0. The summed E-state index contributed by atoms with van der Waals surface area (Å²) in [6.07, 6.45) is 0. The van der Waals surface area contributed by atoms with Gasteiger partial charge < -0.3 is 9.63 Å². The topological polar surface area (TPSA) is 75.4 Å². The van der Waals surface area contributed by atoms with Gasteiger partial charge in [-0.15, -0.1) is 0 Å². The number of aliphatic hydroxyl groups is 1. The highest BCUT2D eigenvalue weighted by atomic mass is 35.5. The van der Waals surface area contributed by atoms with E-state index >= 15 is 0 Å². The third kappa shape index (κ3) is 3.38. The Labute approximate surface area is 120 Å². The number of carbonyl (C=O) groups is 1. The molecule has 102 valence electrons. The minimum Gasteiger partial charge on any atom is -0.384 e. The predicted molar refractivity (Wildman–Crippen MR) is 74.6 cm³/mol. The molecule has 6 heteroatoms. The fourth-order valence-corrected chi connectivity index (χ4v) is 1.73. The Balaban J connectivity index is 2.16. The van der Waals surface area contributed by atoms with Gasteiger partial charge in [0.2, 0.25) is 5.88 Å². The molecular weight excluding hydrogens is 280 g/mol. The van der Waals surface area contributed by atoms with Crippen LogP contribution in [0.3, 0.4) is 0 Å². The Morgan fingerprint density at radius 2 is 2.30 bits per heavy atom. The standard InChI is InChI=1S/C14H11ClN2O3/c1-9-7-13(20-17-9)16-14(19)11-5-4-10(3-2-6-18)12(15)8-11/h4-5,7-8,18H,6H2,1H3,(H,16,19). The first-order valence-electron chi connectivity index (χ1n) is 5.74. The molecule has 0 saturated heterocycles. The molecule has 0 atom stereocenters. The van der Waals surface area contributed by atoms with Gasteiger partial charge in [0.05, 0.1) is 10.7 Å². The highest BCUT2D eigenvalue weighted by Crippen LogP contribution is 2.18. The van der Waals surface area contributed by atoms with E-state index in [4.69, 9.17) is 21.2 Å². The van der Waals surface area contributed by atoms with E-state index in [0.717, 1.165) is 0 Å². The zero-order chi connectivity index (χ0) is 14.5. The number of carbonyl (C=O) groups excluding carboxylic acids is 1. The quantitative estimate of drug-likeness (QED) is 0.832. The molecule has 0 unspecified atom stereocenters. The van der Waals surface area contributed by atoms with Gasteiger partial charge in [-0.25, -0.2) is 0 Å². The highest BCUT2D eigenvalue weighted by Gasteiger charge is 2.10. The molecule has 2 aromatic rings. The Bertz CT molecular complexity index is 698. The molecule has 0 fully saturated rings. The summed E-state index contributed by atoms with van der Waals surface area (Å²) < 4.78 is 4.90. The van der Waals surface area contributed by atoms with E-state index in [1.165, 1.54) is 6.07 Å². The lowest BCUT2D eigenvalue weighted by atomic mass is 10.1. The van der Waals surface area contributed by atoms with Crippen molar-refractivity contribution in [3.05, 3.63) is 46.1 Å². The van der Waals surface area contributed by atoms with Gasteiger partial charge >= 0.3 is 0 Å². The van der Waals surface area contributed by atoms with E-state index in [9.17, 15) is 4.79 Å². The van der Waals surface area contributed by atoms with E-state index in [1.807, 2.05) is 0 Å². The minimum atomic E-state index is -0.357. The molecule has 0 aliphatic rings. The second kappa shape index (κ2) is 6.24. The lowest BCUT2D eigenvalue weighted by molar-refractivity contribution is 0.102. The summed E-state index contributed by atoms with van der Waals surface area (Å²) in [5.74, 6) is 5.10. The molecule has 5 nitrogen and oxygen atoms in total. The second-order valence-electron chi connectivity index (χ2n) is 3.94. The van der Waals surface area contributed by atoms with Gasteiger partial charge in [0.1, 0.15) is 6.61 Å². The van der Waals surface area contributed by atoms with Crippen LogP contribution in [0.4, 0.5) is 5.88 Å². The van der Waals surface area contributed by atoms with Crippen LogP contribution in [-0.4, -0.2) is 22.8 Å². The predicted octanol–water partition coefficient (Wildman–Crippen LogP) is 2.23. The van der Waals surface area contributed by atoms with Gasteiger partial charge in [0, 0.05) is 17.2 Å². The lowest BCUT2D eigenvalue weighted by Crippen LogP contribution is -2.11. The third-order valence-electron chi connectivity index (χ3n) is 2.40. The average Bonchev–Trinajstić information content (AvgIpc) is 2.82. The number of nitrogens with one attached hydrogen (secondary N) is 1. The van der Waals surface area contributed by atoms with Crippen LogP contribution in [0.5, 0.6) is 0 Å². The van der Waals surface area contributed by atoms with E-state index < -0.39 is 0 Å². The van der Waals surface area contributed by atoms with Gasteiger partial charge in [-0.2, -0.15) is 0 Å². The fraction of sp³-hybridized carbons (Fsp3) is 0.143. The lowest BCUT2D eigenvalue weighted by Gasteiger charge is -2.03. The minimum absolute atomic E-state index is 0.247. The summed E-state index contributed by atoms with van der Waals surface area (Å²) >= 11 is 6.02. The molecule has 0 aliphatic carbocycles. The molecule has 0 radical (unpaired) electrons. The van der Waals surface area contributed by atoms with Crippen molar-refractivity contribution in [3.63, 3.8) is 0 Å². The summed E-state index contributed by atoms with van der Waals surface area (Å²) in [7, 11) is 0. The van der Waals surface area contributed by atoms with E-state index in [-0.39, 0.29) is 18.4 Å². The van der Waals surface area contributed by atoms with Crippen molar-refractivity contribution >= 4 is 23.4 Å². The van der Waals surface area contributed by atoms with Crippen LogP contribution in [0.25, 0.3) is 0 Å². The van der Waals surface area contributed by atoms with Crippen LogP contribution in [0, 0.1) is 18.8 Å². The number of aryl methyl sites for hydroxylation is 1. The van der Waals surface area contributed by atoms with Crippen LogP contribution in [0.15, 0.2) is 28.8 Å². The summed E-state index contributed by atoms with van der Waals surface area (Å²) in [6, 6.07) is 6.32. The van der Waals surface area contributed by atoms with E-state index in [1.54, 1.807) is 25.1 Å². The number of hydrogen-bond donors (Lipinski definition) is 2. The Morgan fingerprint density at radius 1 is 1.50 bits per heavy atom. The number of benzene rings is 1. The van der Waals surface area contributed by atoms with Gasteiger partial charge in [0.25, 0.3) is 5.91 Å². The largest absolute Gasteiger partial charge is 0.384 e. The first kappa shape index (κ1) is 14.1. The molecule has 20 heavy (non-hydrogen) atoms. The highest BCUT2D eigenvalue weighted by molar-refractivity contribution is 6.32. The van der Waals surface area contributed by atoms with Gasteiger partial charge in [-0.1, -0.05) is 28.6 Å². The zero-order valence-electron chi connectivity index (χ0n) is 10.6. The number of aromatic nitrogens is 1. The summed E-state index contributed by atoms with van der Waals surface area (Å²) in [5, 5.41) is 15.2. The maximum atomic E-state index is 12.0. The van der Waals surface area contributed by atoms with Crippen LogP contribution in [-0.2, 0) is 0 Å². The van der Waals surface area contributed by atoms with E-state index in [0.29, 0.717) is 21.8 Å². The maximum Gasteiger partial charge on any atom is 0.258 e. The number of rotatable bonds is 2. The Morgan fingerprint density at radius 3 is 2.90 bits per heavy atom. The summed E-state index contributed by atoms with van der Waals surface area (Å²) in [6.45, 7) is 1.51. The molecule has 2 rings (SSSR count). The number of halogens is 1. The normalized spacial score (nSPS) is 9.75. The fourth-order valence-electron chi connectivity index (χ4n) is 1.50. The number of anilines is 1. The first-order chi connectivity index (χ1) is 9.60. The molecule has 0 aliphatic heterocycles. The van der Waals surface area contributed by atoms with E-state index in [2.05, 4.69) is 22.3 Å². The monoisotopic (exact) mass is 290 g/mol. The number of aliphatic hydroxyl groups excluding tert-OH is 1. The van der Waals surface area contributed by atoms with Crippen molar-refractivity contribution in [3.8, 4) is 11.8 Å². The van der Waals surface area contributed by atoms with Crippen LogP contribution >= 0.6 is 11.6 Å².